The van der Waals surface area contributed by atoms with E-state index in [1.807, 2.05) is 0 Å². The second-order valence-electron chi connectivity index (χ2n) is 6.40. The fraction of sp³-hybridized carbons (Fsp3) is 0.278. The molecule has 11 heteroatoms. The zero-order chi connectivity index (χ0) is 21.2. The number of benzene rings is 2. The number of anilines is 1. The van der Waals surface area contributed by atoms with Gasteiger partial charge in [0.2, 0.25) is 10.0 Å². The fourth-order valence-corrected chi connectivity index (χ4v) is 4.47. The van der Waals surface area contributed by atoms with Crippen molar-refractivity contribution in [2.24, 2.45) is 0 Å². The molecule has 1 amide bonds. The number of nitro benzene ring substituents is 1. The van der Waals surface area contributed by atoms with Crippen molar-refractivity contribution >= 4 is 27.3 Å². The first-order valence-electron chi connectivity index (χ1n) is 8.71. The van der Waals surface area contributed by atoms with Gasteiger partial charge in [0.15, 0.2) is 0 Å². The van der Waals surface area contributed by atoms with E-state index in [9.17, 15) is 23.3 Å². The maximum Gasteiger partial charge on any atom is 0.292 e. The molecule has 2 aromatic rings. The number of amides is 1. The number of ether oxygens (including phenoxy) is 1. The number of rotatable bonds is 5. The highest BCUT2D eigenvalue weighted by Gasteiger charge is 2.31. The third kappa shape index (κ3) is 4.15. The molecule has 0 aromatic heterocycles. The number of methoxy groups -OCH3 is 1. The summed E-state index contributed by atoms with van der Waals surface area (Å²) >= 11 is 0. The molecule has 0 unspecified atom stereocenters. The maximum absolute atomic E-state index is 12.8. The number of sulfonamides is 1. The topological polar surface area (TPSA) is 136 Å². The minimum Gasteiger partial charge on any atom is -0.497 e. The third-order valence-electron chi connectivity index (χ3n) is 4.70. The number of carbonyl (C=O) groups excluding carboxylic acids is 1. The van der Waals surface area contributed by atoms with Crippen LogP contribution in [0.4, 0.5) is 11.4 Å². The van der Waals surface area contributed by atoms with E-state index in [-0.39, 0.29) is 48.0 Å². The molecule has 2 N–H and O–H groups in total. The Hall–Kier alpha value is -3.18. The van der Waals surface area contributed by atoms with Crippen molar-refractivity contribution in [3.8, 4) is 5.75 Å². The largest absolute Gasteiger partial charge is 0.497 e. The average Bonchev–Trinajstić information content (AvgIpc) is 2.73. The Kier molecular flexibility index (Phi) is 5.71. The summed E-state index contributed by atoms with van der Waals surface area (Å²) < 4.78 is 31.9. The predicted molar refractivity (Wildman–Crippen MR) is 105 cm³/mol. The quantitative estimate of drug-likeness (QED) is 0.438. The van der Waals surface area contributed by atoms with Gasteiger partial charge >= 0.3 is 0 Å². The molecule has 1 aliphatic rings. The lowest BCUT2D eigenvalue weighted by Crippen LogP contribution is -2.50. The highest BCUT2D eigenvalue weighted by molar-refractivity contribution is 7.89. The van der Waals surface area contributed by atoms with E-state index in [0.29, 0.717) is 5.75 Å². The summed E-state index contributed by atoms with van der Waals surface area (Å²) in [6, 6.07) is 9.96. The molecule has 0 saturated carbocycles. The number of carbonyl (C=O) groups is 1. The van der Waals surface area contributed by atoms with Gasteiger partial charge in [0, 0.05) is 37.8 Å². The van der Waals surface area contributed by atoms with Crippen LogP contribution in [0.5, 0.6) is 5.75 Å². The Labute approximate surface area is 167 Å². The minimum absolute atomic E-state index is 0.0260. The van der Waals surface area contributed by atoms with Gasteiger partial charge in [-0.25, -0.2) is 8.42 Å². The van der Waals surface area contributed by atoms with Crippen LogP contribution in [0, 0.1) is 10.1 Å². The molecule has 1 saturated heterocycles. The van der Waals surface area contributed by atoms with Gasteiger partial charge in [0.25, 0.3) is 11.6 Å². The summed E-state index contributed by atoms with van der Waals surface area (Å²) in [5, 5.41) is 11.0. The Balaban J connectivity index is 1.70. The van der Waals surface area contributed by atoms with Gasteiger partial charge in [-0.15, -0.1) is 0 Å². The zero-order valence-corrected chi connectivity index (χ0v) is 16.5. The summed E-state index contributed by atoms with van der Waals surface area (Å²) in [6.07, 6.45) is 0. The van der Waals surface area contributed by atoms with Crippen LogP contribution < -0.4 is 10.5 Å². The van der Waals surface area contributed by atoms with Crippen molar-refractivity contribution in [3.63, 3.8) is 0 Å². The second kappa shape index (κ2) is 8.05. The monoisotopic (exact) mass is 420 g/mol. The summed E-state index contributed by atoms with van der Waals surface area (Å²) in [5.74, 6) is 0.145. The number of nitro groups is 1. The molecule has 2 aromatic carbocycles. The maximum atomic E-state index is 12.8. The molecule has 3 rings (SSSR count). The SMILES string of the molecule is COc1ccc(S(=O)(=O)N2CCN(C(=O)c3ccc(N)c([N+](=O)[O-])c3)CC2)cc1. The Morgan fingerprint density at radius 1 is 1.10 bits per heavy atom. The molecule has 1 aliphatic heterocycles. The Bertz CT molecular complexity index is 1030. The molecule has 10 nitrogen and oxygen atoms in total. The van der Waals surface area contributed by atoms with E-state index >= 15 is 0 Å². The first kappa shape index (κ1) is 20.6. The van der Waals surface area contributed by atoms with E-state index in [4.69, 9.17) is 10.5 Å². The minimum atomic E-state index is -3.69. The van der Waals surface area contributed by atoms with E-state index in [1.54, 1.807) is 12.1 Å². The summed E-state index contributed by atoms with van der Waals surface area (Å²) in [5.41, 5.74) is 5.33. The van der Waals surface area contributed by atoms with E-state index < -0.39 is 20.9 Å². The van der Waals surface area contributed by atoms with Crippen molar-refractivity contribution in [2.75, 3.05) is 39.0 Å². The Morgan fingerprint density at radius 3 is 2.28 bits per heavy atom. The molecule has 0 atom stereocenters. The van der Waals surface area contributed by atoms with Gasteiger partial charge in [0.1, 0.15) is 11.4 Å². The number of piperazine rings is 1. The molecule has 154 valence electrons. The van der Waals surface area contributed by atoms with Crippen LogP contribution >= 0.6 is 0 Å². The van der Waals surface area contributed by atoms with Crippen molar-refractivity contribution in [2.45, 2.75) is 4.90 Å². The van der Waals surface area contributed by atoms with Crippen LogP contribution in [0.3, 0.4) is 0 Å². The van der Waals surface area contributed by atoms with Crippen LogP contribution in [-0.4, -0.2) is 61.7 Å². The normalized spacial score (nSPS) is 15.1. The summed E-state index contributed by atoms with van der Waals surface area (Å²) in [6.45, 7) is 0.590. The lowest BCUT2D eigenvalue weighted by Gasteiger charge is -2.34. The van der Waals surface area contributed by atoms with Crippen molar-refractivity contribution < 1.29 is 22.9 Å². The number of nitrogen functional groups attached to an aromatic ring is 1. The number of nitrogens with zero attached hydrogens (tertiary/aromatic N) is 3. The standard InChI is InChI=1S/C18H20N4O6S/c1-28-14-3-5-15(6-4-14)29(26,27)21-10-8-20(9-11-21)18(23)13-2-7-16(19)17(12-13)22(24)25/h2-7,12H,8-11,19H2,1H3. The first-order chi connectivity index (χ1) is 13.7. The summed E-state index contributed by atoms with van der Waals surface area (Å²) in [4.78, 5) is 24.6. The number of nitrogens with two attached hydrogens (primary N) is 1. The zero-order valence-electron chi connectivity index (χ0n) is 15.6. The lowest BCUT2D eigenvalue weighted by atomic mass is 10.1. The van der Waals surface area contributed by atoms with E-state index in [1.165, 1.54) is 40.6 Å². The smallest absolute Gasteiger partial charge is 0.292 e. The van der Waals surface area contributed by atoms with Crippen molar-refractivity contribution in [1.29, 1.82) is 0 Å². The van der Waals surface area contributed by atoms with E-state index in [2.05, 4.69) is 0 Å². The van der Waals surface area contributed by atoms with Crippen molar-refractivity contribution in [3.05, 3.63) is 58.1 Å². The molecular weight excluding hydrogens is 400 g/mol. The van der Waals surface area contributed by atoms with Gasteiger partial charge in [0.05, 0.1) is 16.9 Å². The molecule has 1 heterocycles. The highest BCUT2D eigenvalue weighted by atomic mass is 32.2. The lowest BCUT2D eigenvalue weighted by molar-refractivity contribution is -0.383. The number of hydrogen-bond donors (Lipinski definition) is 1. The van der Waals surface area contributed by atoms with Gasteiger partial charge in [-0.3, -0.25) is 14.9 Å². The van der Waals surface area contributed by atoms with Crippen LogP contribution in [-0.2, 0) is 10.0 Å². The van der Waals surface area contributed by atoms with Gasteiger partial charge < -0.3 is 15.4 Å². The molecule has 0 spiro atoms. The van der Waals surface area contributed by atoms with Crippen LogP contribution in [0.15, 0.2) is 47.4 Å². The molecule has 1 fully saturated rings. The number of hydrogen-bond acceptors (Lipinski definition) is 7. The van der Waals surface area contributed by atoms with E-state index in [0.717, 1.165) is 6.07 Å². The second-order valence-corrected chi connectivity index (χ2v) is 8.34. The van der Waals surface area contributed by atoms with Crippen LogP contribution in [0.2, 0.25) is 0 Å². The fourth-order valence-electron chi connectivity index (χ4n) is 3.05. The van der Waals surface area contributed by atoms with Crippen molar-refractivity contribution in [1.82, 2.24) is 9.21 Å². The van der Waals surface area contributed by atoms with Gasteiger partial charge in [-0.1, -0.05) is 0 Å². The highest BCUT2D eigenvalue weighted by Crippen LogP contribution is 2.24. The molecule has 0 radical (unpaired) electrons. The third-order valence-corrected chi connectivity index (χ3v) is 6.61. The summed E-state index contributed by atoms with van der Waals surface area (Å²) in [7, 11) is -2.19. The predicted octanol–water partition coefficient (Wildman–Crippen LogP) is 1.33. The molecule has 0 bridgehead atoms. The first-order valence-corrected chi connectivity index (χ1v) is 10.2. The van der Waals surface area contributed by atoms with Gasteiger partial charge in [-0.2, -0.15) is 4.31 Å². The molecule has 0 aliphatic carbocycles. The molecular formula is C18H20N4O6S. The Morgan fingerprint density at radius 2 is 1.72 bits per heavy atom. The van der Waals surface area contributed by atoms with Crippen LogP contribution in [0.25, 0.3) is 0 Å². The molecule has 29 heavy (non-hydrogen) atoms. The average molecular weight is 420 g/mol. The van der Waals surface area contributed by atoms with Crippen LogP contribution in [0.1, 0.15) is 10.4 Å². The van der Waals surface area contributed by atoms with Gasteiger partial charge in [-0.05, 0) is 36.4 Å².